The fraction of sp³-hybridized carbons (Fsp3) is 0.867. The standard InChI is InChI=1S/C45H86O5Si/c1-8-10-12-14-16-18-20-22-24-26-28-30-32-34-36-38-43(46)48-40-42(41-49-51(6,7)45(3,4)5)50-44(47)39-37-35-33-31-29-27-25-23-21-19-17-15-13-11-9-2/h22-25,42H,8-21,26-41H2,1-7H3/b24-22-,25-23-/t42-/m1/s1. The highest BCUT2D eigenvalue weighted by Gasteiger charge is 2.38. The van der Waals surface area contributed by atoms with Crippen LogP contribution in [0, 0.1) is 0 Å². The van der Waals surface area contributed by atoms with Crippen LogP contribution in [0.3, 0.4) is 0 Å². The van der Waals surface area contributed by atoms with Crippen LogP contribution in [0.1, 0.15) is 214 Å². The van der Waals surface area contributed by atoms with Crippen molar-refractivity contribution in [2.45, 2.75) is 239 Å². The Morgan fingerprint density at radius 2 is 0.863 bits per heavy atom. The molecule has 0 aliphatic carbocycles. The maximum absolute atomic E-state index is 12.8. The Morgan fingerprint density at radius 1 is 0.510 bits per heavy atom. The summed E-state index contributed by atoms with van der Waals surface area (Å²) < 4.78 is 17.8. The maximum atomic E-state index is 12.8. The third-order valence-electron chi connectivity index (χ3n) is 10.4. The third kappa shape index (κ3) is 32.9. The number of hydrogen-bond acceptors (Lipinski definition) is 5. The van der Waals surface area contributed by atoms with Gasteiger partial charge in [0.2, 0.25) is 0 Å². The molecule has 6 heteroatoms. The summed E-state index contributed by atoms with van der Waals surface area (Å²) in [6.07, 6.45) is 41.6. The van der Waals surface area contributed by atoms with E-state index in [4.69, 9.17) is 13.9 Å². The topological polar surface area (TPSA) is 61.8 Å². The zero-order chi connectivity index (χ0) is 37.9. The number of carbonyl (C=O) groups is 2. The van der Waals surface area contributed by atoms with Gasteiger partial charge in [0.25, 0.3) is 0 Å². The van der Waals surface area contributed by atoms with Gasteiger partial charge in [0.05, 0.1) is 6.61 Å². The first-order chi connectivity index (χ1) is 24.5. The second-order valence-electron chi connectivity index (χ2n) is 16.5. The van der Waals surface area contributed by atoms with Gasteiger partial charge < -0.3 is 13.9 Å². The van der Waals surface area contributed by atoms with Gasteiger partial charge in [-0.3, -0.25) is 9.59 Å². The van der Waals surface area contributed by atoms with E-state index in [2.05, 4.69) is 72.0 Å². The molecule has 0 saturated carbocycles. The minimum absolute atomic E-state index is 0.0474. The zero-order valence-electron chi connectivity index (χ0n) is 35.1. The van der Waals surface area contributed by atoms with Crippen molar-refractivity contribution in [2.75, 3.05) is 13.2 Å². The predicted molar refractivity (Wildman–Crippen MR) is 223 cm³/mol. The molecule has 0 aliphatic heterocycles. The molecule has 0 N–H and O–H groups in total. The van der Waals surface area contributed by atoms with Crippen molar-refractivity contribution in [3.63, 3.8) is 0 Å². The molecule has 1 atom stereocenters. The molecule has 0 fully saturated rings. The van der Waals surface area contributed by atoms with Gasteiger partial charge in [-0.05, 0) is 82.3 Å². The number of hydrogen-bond donors (Lipinski definition) is 0. The normalized spacial score (nSPS) is 13.0. The summed E-state index contributed by atoms with van der Waals surface area (Å²) in [4.78, 5) is 25.3. The molecule has 0 aromatic heterocycles. The number of ether oxygens (including phenoxy) is 2. The monoisotopic (exact) mass is 735 g/mol. The van der Waals surface area contributed by atoms with Crippen molar-refractivity contribution in [3.8, 4) is 0 Å². The second-order valence-corrected chi connectivity index (χ2v) is 21.3. The van der Waals surface area contributed by atoms with Crippen LogP contribution in [0.25, 0.3) is 0 Å². The minimum atomic E-state index is -2.03. The fourth-order valence-electron chi connectivity index (χ4n) is 5.82. The van der Waals surface area contributed by atoms with Gasteiger partial charge in [0, 0.05) is 12.8 Å². The molecule has 0 bridgehead atoms. The van der Waals surface area contributed by atoms with E-state index in [1.807, 2.05) is 0 Å². The van der Waals surface area contributed by atoms with Crippen molar-refractivity contribution < 1.29 is 23.5 Å². The van der Waals surface area contributed by atoms with E-state index in [1.165, 1.54) is 116 Å². The molecule has 51 heavy (non-hydrogen) atoms. The molecule has 0 spiro atoms. The van der Waals surface area contributed by atoms with Gasteiger partial charge in [-0.1, -0.05) is 162 Å². The third-order valence-corrected chi connectivity index (χ3v) is 15.0. The number of carbonyl (C=O) groups excluding carboxylic acids is 2. The van der Waals surface area contributed by atoms with Gasteiger partial charge in [-0.15, -0.1) is 0 Å². The summed E-state index contributed by atoms with van der Waals surface area (Å²) in [6, 6.07) is 0. The van der Waals surface area contributed by atoms with E-state index in [0.717, 1.165) is 51.4 Å². The molecular formula is C45H86O5Si. The van der Waals surface area contributed by atoms with Crippen molar-refractivity contribution in [2.24, 2.45) is 0 Å². The van der Waals surface area contributed by atoms with Crippen LogP contribution >= 0.6 is 0 Å². The van der Waals surface area contributed by atoms with E-state index in [0.29, 0.717) is 12.8 Å². The molecule has 0 aromatic carbocycles. The van der Waals surface area contributed by atoms with Crippen LogP contribution < -0.4 is 0 Å². The number of esters is 2. The van der Waals surface area contributed by atoms with Gasteiger partial charge in [-0.25, -0.2) is 0 Å². The summed E-state index contributed by atoms with van der Waals surface area (Å²) >= 11 is 0. The molecule has 0 unspecified atom stereocenters. The molecule has 0 amide bonds. The fourth-order valence-corrected chi connectivity index (χ4v) is 6.85. The first-order valence-corrected chi connectivity index (χ1v) is 24.7. The smallest absolute Gasteiger partial charge is 0.306 e. The van der Waals surface area contributed by atoms with Crippen LogP contribution in [-0.4, -0.2) is 39.6 Å². The van der Waals surface area contributed by atoms with Crippen LogP contribution in [-0.2, 0) is 23.5 Å². The predicted octanol–water partition coefficient (Wildman–Crippen LogP) is 14.5. The summed E-state index contributed by atoms with van der Waals surface area (Å²) in [5.74, 6) is -0.428. The molecule has 0 radical (unpaired) electrons. The lowest BCUT2D eigenvalue weighted by Crippen LogP contribution is -2.44. The molecule has 0 saturated heterocycles. The van der Waals surface area contributed by atoms with Gasteiger partial charge in [0.1, 0.15) is 6.61 Å². The highest BCUT2D eigenvalue weighted by atomic mass is 28.4. The highest BCUT2D eigenvalue weighted by Crippen LogP contribution is 2.36. The Bertz CT molecular complexity index is 859. The number of unbranched alkanes of at least 4 members (excludes halogenated alkanes) is 22. The van der Waals surface area contributed by atoms with Crippen molar-refractivity contribution in [1.29, 1.82) is 0 Å². The average molecular weight is 735 g/mol. The largest absolute Gasteiger partial charge is 0.462 e. The SMILES string of the molecule is CCCCCCCC/C=C\CCCCCCCC(=O)OC[C@H](CO[Si](C)(C)C(C)(C)C)OC(=O)CCCCCCC/C=C\CCCCCCCC. The Kier molecular flexibility index (Phi) is 33.4. The summed E-state index contributed by atoms with van der Waals surface area (Å²) in [6.45, 7) is 15.8. The molecule has 0 heterocycles. The Hall–Kier alpha value is -1.40. The van der Waals surface area contributed by atoms with Gasteiger partial charge >= 0.3 is 11.9 Å². The van der Waals surface area contributed by atoms with Crippen molar-refractivity contribution in [3.05, 3.63) is 24.3 Å². The van der Waals surface area contributed by atoms with Crippen molar-refractivity contribution in [1.82, 2.24) is 0 Å². The van der Waals surface area contributed by atoms with Gasteiger partial charge in [0.15, 0.2) is 14.4 Å². The minimum Gasteiger partial charge on any atom is -0.462 e. The quantitative estimate of drug-likeness (QED) is 0.0278. The number of rotatable bonds is 36. The highest BCUT2D eigenvalue weighted by molar-refractivity contribution is 6.74. The number of allylic oxidation sites excluding steroid dienone is 4. The molecule has 0 rings (SSSR count). The van der Waals surface area contributed by atoms with Crippen molar-refractivity contribution >= 4 is 20.3 Å². The van der Waals surface area contributed by atoms with E-state index in [-0.39, 0.29) is 30.2 Å². The maximum Gasteiger partial charge on any atom is 0.306 e. The Morgan fingerprint density at radius 3 is 1.25 bits per heavy atom. The molecule has 300 valence electrons. The first kappa shape index (κ1) is 49.6. The summed E-state index contributed by atoms with van der Waals surface area (Å²) in [7, 11) is -2.03. The summed E-state index contributed by atoms with van der Waals surface area (Å²) in [5, 5.41) is 0.0474. The van der Waals surface area contributed by atoms with E-state index < -0.39 is 14.4 Å². The Labute approximate surface area is 319 Å². The van der Waals surface area contributed by atoms with Crippen LogP contribution in [0.2, 0.25) is 18.1 Å². The van der Waals surface area contributed by atoms with Gasteiger partial charge in [-0.2, -0.15) is 0 Å². The molecule has 5 nitrogen and oxygen atoms in total. The van der Waals surface area contributed by atoms with E-state index >= 15 is 0 Å². The second kappa shape index (κ2) is 34.4. The summed E-state index contributed by atoms with van der Waals surface area (Å²) in [5.41, 5.74) is 0. The lowest BCUT2D eigenvalue weighted by molar-refractivity contribution is -0.161. The molecule has 0 aromatic rings. The van der Waals surface area contributed by atoms with E-state index in [1.54, 1.807) is 0 Å². The van der Waals surface area contributed by atoms with E-state index in [9.17, 15) is 9.59 Å². The van der Waals surface area contributed by atoms with Crippen LogP contribution in [0.15, 0.2) is 24.3 Å². The molecule has 0 aliphatic rings. The molecular weight excluding hydrogens is 649 g/mol. The first-order valence-electron chi connectivity index (χ1n) is 21.8. The zero-order valence-corrected chi connectivity index (χ0v) is 36.1. The van der Waals surface area contributed by atoms with Crippen LogP contribution in [0.5, 0.6) is 0 Å². The lowest BCUT2D eigenvalue weighted by atomic mass is 10.1. The van der Waals surface area contributed by atoms with Crippen LogP contribution in [0.4, 0.5) is 0 Å². The Balaban J connectivity index is 4.23. The average Bonchev–Trinajstić information content (AvgIpc) is 3.08. The lowest BCUT2D eigenvalue weighted by Gasteiger charge is -2.37.